The summed E-state index contributed by atoms with van der Waals surface area (Å²) in [5.41, 5.74) is 1.74. The van der Waals surface area contributed by atoms with Crippen molar-refractivity contribution in [3.05, 3.63) is 58.8 Å². The lowest BCUT2D eigenvalue weighted by Gasteiger charge is -2.06. The zero-order valence-electron chi connectivity index (χ0n) is 13.3. The normalized spacial score (nSPS) is 10.7. The van der Waals surface area contributed by atoms with Gasteiger partial charge in [-0.1, -0.05) is 16.8 Å². The zero-order valence-corrected chi connectivity index (χ0v) is 14.9. The first kappa shape index (κ1) is 17.4. The Morgan fingerprint density at radius 1 is 1.32 bits per heavy atom. The first-order valence-electron chi connectivity index (χ1n) is 7.18. The van der Waals surface area contributed by atoms with Gasteiger partial charge in [0, 0.05) is 0 Å². The van der Waals surface area contributed by atoms with E-state index in [0.717, 1.165) is 5.03 Å². The molecule has 0 radical (unpaired) electrons. The molecule has 25 heavy (non-hydrogen) atoms. The lowest BCUT2D eigenvalue weighted by atomic mass is 10.2. The lowest BCUT2D eigenvalue weighted by molar-refractivity contribution is 0.102. The number of halogens is 2. The van der Waals surface area contributed by atoms with Crippen LogP contribution in [0.15, 0.2) is 41.6 Å². The van der Waals surface area contributed by atoms with Crippen LogP contribution >= 0.6 is 23.4 Å². The molecular formula is C16H13ClFN5OS. The van der Waals surface area contributed by atoms with Gasteiger partial charge in [0.15, 0.2) is 5.69 Å². The molecule has 6 nitrogen and oxygen atoms in total. The van der Waals surface area contributed by atoms with E-state index >= 15 is 0 Å². The van der Waals surface area contributed by atoms with Crippen molar-refractivity contribution in [2.75, 3.05) is 11.6 Å². The average Bonchev–Trinajstić information content (AvgIpc) is 2.99. The van der Waals surface area contributed by atoms with Crippen molar-refractivity contribution < 1.29 is 9.18 Å². The molecule has 2 aromatic heterocycles. The molecule has 0 spiro atoms. The molecule has 1 amide bonds. The number of amides is 1. The number of rotatable bonds is 4. The SMILES string of the molecule is CSc1ccc(NC(=O)c2nnn(-c3ccc(F)c(Cl)c3)c2C)cn1. The summed E-state index contributed by atoms with van der Waals surface area (Å²) >= 11 is 7.30. The summed E-state index contributed by atoms with van der Waals surface area (Å²) in [6, 6.07) is 7.74. The fourth-order valence-corrected chi connectivity index (χ4v) is 2.70. The van der Waals surface area contributed by atoms with Crippen LogP contribution < -0.4 is 5.32 Å². The molecule has 1 N–H and O–H groups in total. The molecule has 0 fully saturated rings. The van der Waals surface area contributed by atoms with Gasteiger partial charge in [0.1, 0.15) is 5.82 Å². The number of anilines is 1. The van der Waals surface area contributed by atoms with E-state index in [0.29, 0.717) is 17.1 Å². The third-order valence-corrected chi connectivity index (χ3v) is 4.41. The van der Waals surface area contributed by atoms with Gasteiger partial charge in [-0.15, -0.1) is 16.9 Å². The lowest BCUT2D eigenvalue weighted by Crippen LogP contribution is -2.14. The first-order valence-corrected chi connectivity index (χ1v) is 8.79. The van der Waals surface area contributed by atoms with E-state index in [9.17, 15) is 9.18 Å². The van der Waals surface area contributed by atoms with Gasteiger partial charge in [0.2, 0.25) is 0 Å². The van der Waals surface area contributed by atoms with Gasteiger partial charge >= 0.3 is 0 Å². The molecular weight excluding hydrogens is 365 g/mol. The van der Waals surface area contributed by atoms with Crippen LogP contribution in [-0.4, -0.2) is 32.1 Å². The Labute approximate surface area is 152 Å². The standard InChI is InChI=1S/C16H13ClFN5OS/c1-9-15(16(24)20-10-3-6-14(25-2)19-8-10)21-22-23(9)11-4-5-13(18)12(17)7-11/h3-8H,1-2H3,(H,20,24). The minimum Gasteiger partial charge on any atom is -0.319 e. The first-order chi connectivity index (χ1) is 12.0. The maximum Gasteiger partial charge on any atom is 0.278 e. The molecule has 0 unspecified atom stereocenters. The molecule has 2 heterocycles. The predicted molar refractivity (Wildman–Crippen MR) is 95.0 cm³/mol. The summed E-state index contributed by atoms with van der Waals surface area (Å²) < 4.78 is 14.7. The second kappa shape index (κ2) is 7.20. The van der Waals surface area contributed by atoms with Crippen molar-refractivity contribution >= 4 is 35.0 Å². The average molecular weight is 378 g/mol. The van der Waals surface area contributed by atoms with Crippen molar-refractivity contribution in [2.45, 2.75) is 11.9 Å². The van der Waals surface area contributed by atoms with Crippen molar-refractivity contribution in [1.29, 1.82) is 0 Å². The molecule has 9 heteroatoms. The number of nitrogens with one attached hydrogen (secondary N) is 1. The van der Waals surface area contributed by atoms with Gasteiger partial charge in [-0.05, 0) is 43.5 Å². The number of aromatic nitrogens is 4. The predicted octanol–water partition coefficient (Wildman–Crippen LogP) is 3.74. The third kappa shape index (κ3) is 3.64. The van der Waals surface area contributed by atoms with Gasteiger partial charge in [-0.2, -0.15) is 0 Å². The number of benzene rings is 1. The quantitative estimate of drug-likeness (QED) is 0.701. The third-order valence-electron chi connectivity index (χ3n) is 3.46. The smallest absolute Gasteiger partial charge is 0.278 e. The van der Waals surface area contributed by atoms with Crippen LogP contribution in [0.3, 0.4) is 0 Å². The van der Waals surface area contributed by atoms with E-state index in [4.69, 9.17) is 11.6 Å². The van der Waals surface area contributed by atoms with Crippen LogP contribution in [0.4, 0.5) is 10.1 Å². The summed E-state index contributed by atoms with van der Waals surface area (Å²) in [5, 5.41) is 11.4. The van der Waals surface area contributed by atoms with Crippen LogP contribution in [0.1, 0.15) is 16.2 Å². The van der Waals surface area contributed by atoms with Crippen molar-refractivity contribution in [3.63, 3.8) is 0 Å². The Bertz CT molecular complexity index is 929. The maximum atomic E-state index is 13.3. The second-order valence-electron chi connectivity index (χ2n) is 5.08. The van der Waals surface area contributed by atoms with Gasteiger partial charge in [0.25, 0.3) is 5.91 Å². The monoisotopic (exact) mass is 377 g/mol. The summed E-state index contributed by atoms with van der Waals surface area (Å²) in [4.78, 5) is 16.6. The highest BCUT2D eigenvalue weighted by Crippen LogP contribution is 2.20. The molecule has 1 aromatic carbocycles. The molecule has 0 aliphatic carbocycles. The molecule has 3 aromatic rings. The van der Waals surface area contributed by atoms with Gasteiger partial charge < -0.3 is 5.32 Å². The van der Waals surface area contributed by atoms with Crippen molar-refractivity contribution in [1.82, 2.24) is 20.0 Å². The molecule has 0 aliphatic heterocycles. The Hall–Kier alpha value is -2.45. The summed E-state index contributed by atoms with van der Waals surface area (Å²) in [5.74, 6) is -0.932. The molecule has 0 saturated carbocycles. The summed E-state index contributed by atoms with van der Waals surface area (Å²) in [7, 11) is 0. The largest absolute Gasteiger partial charge is 0.319 e. The number of carbonyl (C=O) groups excluding carboxylic acids is 1. The van der Waals surface area contributed by atoms with Gasteiger partial charge in [-0.3, -0.25) is 4.79 Å². The van der Waals surface area contributed by atoms with E-state index in [-0.39, 0.29) is 10.7 Å². The number of hydrogen-bond acceptors (Lipinski definition) is 5. The Kier molecular flexibility index (Phi) is 5.00. The highest BCUT2D eigenvalue weighted by molar-refractivity contribution is 7.98. The van der Waals surface area contributed by atoms with Crippen molar-refractivity contribution in [2.24, 2.45) is 0 Å². The second-order valence-corrected chi connectivity index (χ2v) is 6.31. The number of nitrogens with zero attached hydrogens (tertiary/aromatic N) is 4. The summed E-state index contributed by atoms with van der Waals surface area (Å²) in [6.45, 7) is 1.70. The van der Waals surface area contributed by atoms with E-state index in [1.165, 1.54) is 34.6 Å². The minimum absolute atomic E-state index is 0.0293. The molecule has 3 rings (SSSR count). The zero-order chi connectivity index (χ0) is 18.0. The number of carbonyl (C=O) groups is 1. The molecule has 0 saturated heterocycles. The van der Waals surface area contributed by atoms with Crippen LogP contribution in [0.5, 0.6) is 0 Å². The molecule has 128 valence electrons. The van der Waals surface area contributed by atoms with E-state index in [1.807, 2.05) is 12.3 Å². The minimum atomic E-state index is -0.526. The Balaban J connectivity index is 1.84. The van der Waals surface area contributed by atoms with Gasteiger partial charge in [-0.25, -0.2) is 14.1 Å². The van der Waals surface area contributed by atoms with E-state index < -0.39 is 11.7 Å². The fourth-order valence-electron chi connectivity index (χ4n) is 2.17. The number of thioether (sulfide) groups is 1. The van der Waals surface area contributed by atoms with E-state index in [1.54, 1.807) is 19.2 Å². The van der Waals surface area contributed by atoms with E-state index in [2.05, 4.69) is 20.6 Å². The topological polar surface area (TPSA) is 72.7 Å². The van der Waals surface area contributed by atoms with Crippen molar-refractivity contribution in [3.8, 4) is 5.69 Å². The Morgan fingerprint density at radius 3 is 2.76 bits per heavy atom. The highest BCUT2D eigenvalue weighted by Gasteiger charge is 2.18. The van der Waals surface area contributed by atoms with Crippen LogP contribution in [0, 0.1) is 12.7 Å². The van der Waals surface area contributed by atoms with Crippen LogP contribution in [0.25, 0.3) is 5.69 Å². The number of hydrogen-bond donors (Lipinski definition) is 1. The molecule has 0 aliphatic rings. The molecule has 0 bridgehead atoms. The summed E-state index contributed by atoms with van der Waals surface area (Å²) in [6.07, 6.45) is 3.49. The fraction of sp³-hybridized carbons (Fsp3) is 0.125. The number of pyridine rings is 1. The van der Waals surface area contributed by atoms with Gasteiger partial charge in [0.05, 0.1) is 33.3 Å². The maximum absolute atomic E-state index is 13.3. The highest BCUT2D eigenvalue weighted by atomic mass is 35.5. The van der Waals surface area contributed by atoms with Crippen LogP contribution in [-0.2, 0) is 0 Å². The Morgan fingerprint density at radius 2 is 2.12 bits per heavy atom. The van der Waals surface area contributed by atoms with Crippen LogP contribution in [0.2, 0.25) is 5.02 Å². The molecule has 0 atom stereocenters.